The van der Waals surface area contributed by atoms with Gasteiger partial charge in [-0.3, -0.25) is 0 Å². The number of rotatable bonds is 4. The highest BCUT2D eigenvalue weighted by Gasteiger charge is 2.20. The second-order valence-corrected chi connectivity index (χ2v) is 5.71. The Bertz CT molecular complexity index is 613. The van der Waals surface area contributed by atoms with E-state index < -0.39 is 11.6 Å². The van der Waals surface area contributed by atoms with Crippen molar-refractivity contribution in [2.45, 2.75) is 19.9 Å². The average molecular weight is 387 g/mol. The lowest BCUT2D eigenvalue weighted by Crippen LogP contribution is -2.24. The van der Waals surface area contributed by atoms with Crippen LogP contribution in [0.3, 0.4) is 0 Å². The zero-order valence-electron chi connectivity index (χ0n) is 11.4. The van der Waals surface area contributed by atoms with E-state index in [9.17, 15) is 8.78 Å². The van der Waals surface area contributed by atoms with Crippen molar-refractivity contribution >= 4 is 22.6 Å². The van der Waals surface area contributed by atoms with Gasteiger partial charge in [0, 0.05) is 15.2 Å². The summed E-state index contributed by atoms with van der Waals surface area (Å²) in [6.45, 7) is 4.69. The monoisotopic (exact) mass is 387 g/mol. The highest BCUT2D eigenvalue weighted by atomic mass is 127. The second-order valence-electron chi connectivity index (χ2n) is 4.63. The fraction of sp³-hybridized carbons (Fsp3) is 0.250. The maximum atomic E-state index is 14.1. The van der Waals surface area contributed by atoms with E-state index in [0.717, 1.165) is 20.8 Å². The van der Waals surface area contributed by atoms with Gasteiger partial charge in [-0.1, -0.05) is 31.2 Å². The average Bonchev–Trinajstić information content (AvgIpc) is 2.40. The van der Waals surface area contributed by atoms with Crippen LogP contribution < -0.4 is 5.32 Å². The third-order valence-corrected chi connectivity index (χ3v) is 4.69. The van der Waals surface area contributed by atoms with E-state index in [1.807, 2.05) is 32.0 Å². The normalized spacial score (nSPS) is 12.4. The summed E-state index contributed by atoms with van der Waals surface area (Å²) in [6, 6.07) is 9.43. The van der Waals surface area contributed by atoms with Crippen LogP contribution in [0.1, 0.15) is 29.7 Å². The van der Waals surface area contributed by atoms with Crippen molar-refractivity contribution in [3.63, 3.8) is 0 Å². The predicted molar refractivity (Wildman–Crippen MR) is 85.8 cm³/mol. The maximum Gasteiger partial charge on any atom is 0.131 e. The van der Waals surface area contributed by atoms with Crippen LogP contribution in [0, 0.1) is 22.1 Å². The lowest BCUT2D eigenvalue weighted by atomic mass is 9.96. The molecule has 20 heavy (non-hydrogen) atoms. The Morgan fingerprint density at radius 3 is 2.55 bits per heavy atom. The molecule has 0 aliphatic carbocycles. The molecule has 4 heteroatoms. The lowest BCUT2D eigenvalue weighted by molar-refractivity contribution is 0.540. The molecular formula is C16H16F2IN. The summed E-state index contributed by atoms with van der Waals surface area (Å²) in [5.41, 5.74) is 2.63. The Morgan fingerprint density at radius 1 is 1.15 bits per heavy atom. The van der Waals surface area contributed by atoms with E-state index in [1.165, 1.54) is 12.1 Å². The predicted octanol–water partition coefficient (Wildman–Crippen LogP) is 4.58. The molecular weight excluding hydrogens is 371 g/mol. The summed E-state index contributed by atoms with van der Waals surface area (Å²) >= 11 is 2.27. The molecule has 1 unspecified atom stereocenters. The summed E-state index contributed by atoms with van der Waals surface area (Å²) in [7, 11) is 0. The van der Waals surface area contributed by atoms with Gasteiger partial charge in [-0.25, -0.2) is 8.78 Å². The summed E-state index contributed by atoms with van der Waals surface area (Å²) in [5.74, 6) is -1.08. The van der Waals surface area contributed by atoms with Gasteiger partial charge in [0.2, 0.25) is 0 Å². The minimum absolute atomic E-state index is 0.271. The van der Waals surface area contributed by atoms with E-state index >= 15 is 0 Å². The summed E-state index contributed by atoms with van der Waals surface area (Å²) < 4.78 is 28.2. The molecule has 0 aromatic heterocycles. The SMILES string of the molecule is CCNC(c1ccc(F)cc1F)c1cccc(C)c1I. The molecule has 106 valence electrons. The topological polar surface area (TPSA) is 12.0 Å². The van der Waals surface area contributed by atoms with Crippen molar-refractivity contribution < 1.29 is 8.78 Å². The van der Waals surface area contributed by atoms with Crippen molar-refractivity contribution in [1.29, 1.82) is 0 Å². The molecule has 1 nitrogen and oxygen atoms in total. The summed E-state index contributed by atoms with van der Waals surface area (Å²) in [6.07, 6.45) is 0. The first kappa shape index (κ1) is 15.4. The molecule has 2 aromatic rings. The van der Waals surface area contributed by atoms with E-state index in [-0.39, 0.29) is 6.04 Å². The van der Waals surface area contributed by atoms with Gasteiger partial charge in [0.25, 0.3) is 0 Å². The van der Waals surface area contributed by atoms with E-state index in [4.69, 9.17) is 0 Å². The molecule has 2 rings (SSSR count). The lowest BCUT2D eigenvalue weighted by Gasteiger charge is -2.21. The first-order chi connectivity index (χ1) is 9.54. The van der Waals surface area contributed by atoms with Crippen LogP contribution in [0.25, 0.3) is 0 Å². The van der Waals surface area contributed by atoms with Crippen molar-refractivity contribution in [3.8, 4) is 0 Å². The van der Waals surface area contributed by atoms with Crippen LogP contribution in [0.4, 0.5) is 8.78 Å². The Hall–Kier alpha value is -1.01. The summed E-state index contributed by atoms with van der Waals surface area (Å²) in [4.78, 5) is 0. The smallest absolute Gasteiger partial charge is 0.131 e. The van der Waals surface area contributed by atoms with Gasteiger partial charge in [-0.15, -0.1) is 0 Å². The summed E-state index contributed by atoms with van der Waals surface area (Å²) in [5, 5.41) is 3.28. The number of nitrogens with one attached hydrogen (secondary N) is 1. The molecule has 2 aromatic carbocycles. The molecule has 0 saturated heterocycles. The molecule has 0 fully saturated rings. The van der Waals surface area contributed by atoms with Crippen LogP contribution in [-0.4, -0.2) is 6.54 Å². The van der Waals surface area contributed by atoms with Gasteiger partial charge in [-0.2, -0.15) is 0 Å². The van der Waals surface area contributed by atoms with E-state index in [0.29, 0.717) is 12.1 Å². The van der Waals surface area contributed by atoms with Gasteiger partial charge < -0.3 is 5.32 Å². The van der Waals surface area contributed by atoms with Gasteiger partial charge >= 0.3 is 0 Å². The Labute approximate surface area is 131 Å². The molecule has 1 N–H and O–H groups in total. The second kappa shape index (κ2) is 6.63. The fourth-order valence-corrected chi connectivity index (χ4v) is 2.89. The molecule has 0 amide bonds. The minimum atomic E-state index is -0.555. The number of hydrogen-bond acceptors (Lipinski definition) is 1. The molecule has 0 saturated carbocycles. The van der Waals surface area contributed by atoms with Crippen molar-refractivity contribution in [3.05, 3.63) is 68.3 Å². The minimum Gasteiger partial charge on any atom is -0.306 e. The first-order valence-corrected chi connectivity index (χ1v) is 7.55. The molecule has 0 bridgehead atoms. The number of halogens is 3. The zero-order valence-corrected chi connectivity index (χ0v) is 13.5. The standard InChI is InChI=1S/C16H16F2IN/c1-3-20-16(12-8-7-11(17)9-14(12)18)13-6-4-5-10(2)15(13)19/h4-9,16,20H,3H2,1-2H3. The number of aryl methyl sites for hydroxylation is 1. The van der Waals surface area contributed by atoms with Gasteiger partial charge in [0.15, 0.2) is 0 Å². The van der Waals surface area contributed by atoms with Crippen LogP contribution >= 0.6 is 22.6 Å². The number of hydrogen-bond donors (Lipinski definition) is 1. The van der Waals surface area contributed by atoms with Crippen LogP contribution in [-0.2, 0) is 0 Å². The highest BCUT2D eigenvalue weighted by molar-refractivity contribution is 14.1. The molecule has 0 radical (unpaired) electrons. The molecule has 0 heterocycles. The van der Waals surface area contributed by atoms with Crippen LogP contribution in [0.5, 0.6) is 0 Å². The fourth-order valence-electron chi connectivity index (χ4n) is 2.22. The first-order valence-electron chi connectivity index (χ1n) is 6.48. The zero-order chi connectivity index (χ0) is 14.7. The third-order valence-electron chi connectivity index (χ3n) is 3.21. The van der Waals surface area contributed by atoms with Crippen molar-refractivity contribution in [2.24, 2.45) is 0 Å². The van der Waals surface area contributed by atoms with E-state index in [1.54, 1.807) is 0 Å². The largest absolute Gasteiger partial charge is 0.306 e. The third kappa shape index (κ3) is 3.17. The van der Waals surface area contributed by atoms with Crippen molar-refractivity contribution in [2.75, 3.05) is 6.54 Å². The van der Waals surface area contributed by atoms with Gasteiger partial charge in [-0.05, 0) is 53.3 Å². The van der Waals surface area contributed by atoms with E-state index in [2.05, 4.69) is 27.9 Å². The molecule has 0 aliphatic rings. The van der Waals surface area contributed by atoms with Gasteiger partial charge in [0.05, 0.1) is 6.04 Å². The molecule has 0 aliphatic heterocycles. The molecule has 1 atom stereocenters. The number of benzene rings is 2. The Morgan fingerprint density at radius 2 is 1.90 bits per heavy atom. The molecule has 0 spiro atoms. The van der Waals surface area contributed by atoms with Crippen molar-refractivity contribution in [1.82, 2.24) is 5.32 Å². The van der Waals surface area contributed by atoms with Gasteiger partial charge in [0.1, 0.15) is 11.6 Å². The maximum absolute atomic E-state index is 14.1. The van der Waals surface area contributed by atoms with Crippen LogP contribution in [0.2, 0.25) is 0 Å². The Kier molecular flexibility index (Phi) is 5.10. The Balaban J connectivity index is 2.53. The van der Waals surface area contributed by atoms with Crippen LogP contribution in [0.15, 0.2) is 36.4 Å². The highest BCUT2D eigenvalue weighted by Crippen LogP contribution is 2.29. The quantitative estimate of drug-likeness (QED) is 0.758.